The highest BCUT2D eigenvalue weighted by atomic mass is 19.1. The summed E-state index contributed by atoms with van der Waals surface area (Å²) in [5.41, 5.74) is 3.44. The number of halogens is 1. The molecule has 3 aromatic rings. The van der Waals surface area contributed by atoms with Crippen molar-refractivity contribution in [2.24, 2.45) is 7.05 Å². The lowest BCUT2D eigenvalue weighted by atomic mass is 10.1. The Balaban J connectivity index is 1.89. The van der Waals surface area contributed by atoms with Gasteiger partial charge in [0.25, 0.3) is 0 Å². The lowest BCUT2D eigenvalue weighted by Gasteiger charge is -2.15. The Kier molecular flexibility index (Phi) is 3.29. The molecule has 1 atom stereocenters. The van der Waals surface area contributed by atoms with Crippen LogP contribution in [0.4, 0.5) is 10.1 Å². The third-order valence-electron chi connectivity index (χ3n) is 3.47. The summed E-state index contributed by atoms with van der Waals surface area (Å²) in [6, 6.07) is 3.42. The van der Waals surface area contributed by atoms with Gasteiger partial charge in [-0.1, -0.05) is 0 Å². The zero-order valence-electron chi connectivity index (χ0n) is 12.1. The fourth-order valence-corrected chi connectivity index (χ4v) is 2.39. The van der Waals surface area contributed by atoms with Crippen molar-refractivity contribution in [3.63, 3.8) is 0 Å². The molecule has 21 heavy (non-hydrogen) atoms. The first-order valence-corrected chi connectivity index (χ1v) is 6.71. The Labute approximate surface area is 121 Å². The summed E-state index contributed by atoms with van der Waals surface area (Å²) in [7, 11) is 1.87. The second kappa shape index (κ2) is 5.12. The van der Waals surface area contributed by atoms with Crippen molar-refractivity contribution in [3.05, 3.63) is 47.8 Å². The smallest absolute Gasteiger partial charge is 0.157 e. The van der Waals surface area contributed by atoms with Crippen LogP contribution in [0.5, 0.6) is 0 Å². The van der Waals surface area contributed by atoms with Crippen LogP contribution < -0.4 is 5.32 Å². The zero-order valence-corrected chi connectivity index (χ0v) is 12.1. The summed E-state index contributed by atoms with van der Waals surface area (Å²) in [6.45, 7) is 3.91. The lowest BCUT2D eigenvalue weighted by molar-refractivity contribution is 0.616. The second-order valence-corrected chi connectivity index (χ2v) is 5.11. The summed E-state index contributed by atoms with van der Waals surface area (Å²) in [5.74, 6) is -0.335. The number of aromatic nitrogens is 4. The third-order valence-corrected chi connectivity index (χ3v) is 3.47. The number of anilines is 1. The highest BCUT2D eigenvalue weighted by Crippen LogP contribution is 2.23. The Hall–Kier alpha value is -2.50. The number of aryl methyl sites for hydroxylation is 2. The van der Waals surface area contributed by atoms with Crippen molar-refractivity contribution >= 4 is 16.7 Å². The fourth-order valence-electron chi connectivity index (χ4n) is 2.39. The lowest BCUT2D eigenvalue weighted by Crippen LogP contribution is -2.07. The number of nitrogens with one attached hydrogen (secondary N) is 1. The van der Waals surface area contributed by atoms with Crippen LogP contribution in [0.1, 0.15) is 24.2 Å². The quantitative estimate of drug-likeness (QED) is 0.803. The standard InChI is InChI=1S/C15H16FN5/c1-9(11-4-12(16)7-17-6-11)19-13-5-14-10(2)20-21(3)15(14)18-8-13/h4-9,19H,1-3H3. The molecule has 0 spiro atoms. The fraction of sp³-hybridized carbons (Fsp3) is 0.267. The molecule has 5 nitrogen and oxygen atoms in total. The molecule has 1 N–H and O–H groups in total. The van der Waals surface area contributed by atoms with E-state index in [-0.39, 0.29) is 11.9 Å². The minimum Gasteiger partial charge on any atom is -0.377 e. The van der Waals surface area contributed by atoms with Gasteiger partial charge in [-0.2, -0.15) is 5.10 Å². The summed E-state index contributed by atoms with van der Waals surface area (Å²) in [4.78, 5) is 8.28. The Bertz CT molecular complexity index is 796. The Morgan fingerprint density at radius 2 is 2.05 bits per heavy atom. The number of nitrogens with zero attached hydrogens (tertiary/aromatic N) is 4. The van der Waals surface area contributed by atoms with Crippen molar-refractivity contribution in [2.75, 3.05) is 5.32 Å². The van der Waals surface area contributed by atoms with Crippen molar-refractivity contribution in [1.82, 2.24) is 19.7 Å². The molecule has 0 fully saturated rings. The minimum absolute atomic E-state index is 0.0653. The van der Waals surface area contributed by atoms with Crippen LogP contribution >= 0.6 is 0 Å². The molecule has 108 valence electrons. The molecule has 3 heterocycles. The predicted molar refractivity (Wildman–Crippen MR) is 79.5 cm³/mol. The number of hydrogen-bond donors (Lipinski definition) is 1. The molecule has 0 amide bonds. The van der Waals surface area contributed by atoms with E-state index in [0.717, 1.165) is 28.0 Å². The highest BCUT2D eigenvalue weighted by Gasteiger charge is 2.10. The van der Waals surface area contributed by atoms with Gasteiger partial charge in [-0.05, 0) is 31.5 Å². The van der Waals surface area contributed by atoms with Gasteiger partial charge >= 0.3 is 0 Å². The molecule has 1 unspecified atom stereocenters. The third kappa shape index (κ3) is 2.56. The molecule has 0 aliphatic heterocycles. The zero-order chi connectivity index (χ0) is 15.0. The number of fused-ring (bicyclic) bond motifs is 1. The van der Waals surface area contributed by atoms with Gasteiger partial charge in [0.05, 0.1) is 29.8 Å². The first-order valence-electron chi connectivity index (χ1n) is 6.71. The van der Waals surface area contributed by atoms with E-state index >= 15 is 0 Å². The molecular formula is C15H16FN5. The van der Waals surface area contributed by atoms with Crippen LogP contribution in [0, 0.1) is 12.7 Å². The molecule has 6 heteroatoms. The molecule has 3 aromatic heterocycles. The van der Waals surface area contributed by atoms with Crippen LogP contribution in [-0.2, 0) is 7.05 Å². The van der Waals surface area contributed by atoms with E-state index in [1.165, 1.54) is 12.3 Å². The maximum Gasteiger partial charge on any atom is 0.157 e. The van der Waals surface area contributed by atoms with Gasteiger partial charge in [-0.3, -0.25) is 9.67 Å². The van der Waals surface area contributed by atoms with Gasteiger partial charge in [0, 0.05) is 18.6 Å². The topological polar surface area (TPSA) is 55.6 Å². The summed E-state index contributed by atoms with van der Waals surface area (Å²) >= 11 is 0. The van der Waals surface area contributed by atoms with Crippen LogP contribution in [0.15, 0.2) is 30.7 Å². The van der Waals surface area contributed by atoms with E-state index < -0.39 is 0 Å². The first kappa shape index (κ1) is 13.5. The molecule has 0 radical (unpaired) electrons. The second-order valence-electron chi connectivity index (χ2n) is 5.11. The first-order chi connectivity index (χ1) is 10.0. The number of rotatable bonds is 3. The van der Waals surface area contributed by atoms with Gasteiger partial charge in [-0.25, -0.2) is 9.37 Å². The van der Waals surface area contributed by atoms with Gasteiger partial charge < -0.3 is 5.32 Å². The van der Waals surface area contributed by atoms with E-state index in [2.05, 4.69) is 20.4 Å². The molecule has 0 bridgehead atoms. The normalized spacial score (nSPS) is 12.6. The molecular weight excluding hydrogens is 269 g/mol. The molecule has 0 aliphatic carbocycles. The van der Waals surface area contributed by atoms with E-state index in [1.54, 1.807) is 17.1 Å². The average molecular weight is 285 g/mol. The van der Waals surface area contributed by atoms with Gasteiger partial charge in [0.15, 0.2) is 5.65 Å². The van der Waals surface area contributed by atoms with Crippen molar-refractivity contribution in [1.29, 1.82) is 0 Å². The minimum atomic E-state index is -0.335. The Morgan fingerprint density at radius 3 is 2.81 bits per heavy atom. The SMILES string of the molecule is Cc1nn(C)c2ncc(NC(C)c3cncc(F)c3)cc12. The molecule has 3 rings (SSSR count). The average Bonchev–Trinajstić information content (AvgIpc) is 2.74. The van der Waals surface area contributed by atoms with Gasteiger partial charge in [0.2, 0.25) is 0 Å². The maximum absolute atomic E-state index is 13.2. The molecule has 0 aliphatic rings. The van der Waals surface area contributed by atoms with Crippen molar-refractivity contribution in [3.8, 4) is 0 Å². The van der Waals surface area contributed by atoms with E-state index in [1.807, 2.05) is 27.0 Å². The van der Waals surface area contributed by atoms with E-state index in [4.69, 9.17) is 0 Å². The monoisotopic (exact) mass is 285 g/mol. The predicted octanol–water partition coefficient (Wildman–Crippen LogP) is 2.98. The maximum atomic E-state index is 13.2. The van der Waals surface area contributed by atoms with Crippen LogP contribution in [0.25, 0.3) is 11.0 Å². The van der Waals surface area contributed by atoms with Crippen molar-refractivity contribution in [2.45, 2.75) is 19.9 Å². The molecule has 0 saturated carbocycles. The molecule has 0 saturated heterocycles. The highest BCUT2D eigenvalue weighted by molar-refractivity contribution is 5.81. The summed E-state index contributed by atoms with van der Waals surface area (Å²) < 4.78 is 15.0. The van der Waals surface area contributed by atoms with E-state index in [0.29, 0.717) is 0 Å². The summed E-state index contributed by atoms with van der Waals surface area (Å²) in [6.07, 6.45) is 4.61. The van der Waals surface area contributed by atoms with E-state index in [9.17, 15) is 4.39 Å². The van der Waals surface area contributed by atoms with Crippen LogP contribution in [0.3, 0.4) is 0 Å². The van der Waals surface area contributed by atoms with Gasteiger partial charge in [-0.15, -0.1) is 0 Å². The largest absolute Gasteiger partial charge is 0.377 e. The number of pyridine rings is 2. The van der Waals surface area contributed by atoms with Crippen LogP contribution in [0.2, 0.25) is 0 Å². The van der Waals surface area contributed by atoms with Crippen LogP contribution in [-0.4, -0.2) is 19.7 Å². The molecule has 0 aromatic carbocycles. The Morgan fingerprint density at radius 1 is 1.24 bits per heavy atom. The van der Waals surface area contributed by atoms with Gasteiger partial charge in [0.1, 0.15) is 5.82 Å². The van der Waals surface area contributed by atoms with Crippen molar-refractivity contribution < 1.29 is 4.39 Å². The number of hydrogen-bond acceptors (Lipinski definition) is 4. The summed E-state index contributed by atoms with van der Waals surface area (Å²) in [5, 5.41) is 8.66.